The van der Waals surface area contributed by atoms with E-state index in [0.717, 1.165) is 35.6 Å². The molecule has 0 unspecified atom stereocenters. The van der Waals surface area contributed by atoms with Gasteiger partial charge < -0.3 is 24.9 Å². The van der Waals surface area contributed by atoms with Crippen molar-refractivity contribution in [2.45, 2.75) is 76.7 Å². The molecule has 2 aliphatic rings. The number of hydrogen-bond acceptors (Lipinski definition) is 7. The van der Waals surface area contributed by atoms with Crippen molar-refractivity contribution in [1.29, 1.82) is 10.5 Å². The summed E-state index contributed by atoms with van der Waals surface area (Å²) in [5.74, 6) is -1.02. The molecule has 2 aliphatic heterocycles. The highest BCUT2D eigenvalue weighted by molar-refractivity contribution is 7.59. The number of alkyl halides is 9. The van der Waals surface area contributed by atoms with Crippen LogP contribution in [-0.4, -0.2) is 82.7 Å². The van der Waals surface area contributed by atoms with Crippen LogP contribution in [0, 0.1) is 22.7 Å². The summed E-state index contributed by atoms with van der Waals surface area (Å²) in [5, 5.41) is 23.3. The van der Waals surface area contributed by atoms with Gasteiger partial charge in [0.1, 0.15) is 5.88 Å². The number of nitrogens with zero attached hydrogens (tertiary/aromatic N) is 6. The summed E-state index contributed by atoms with van der Waals surface area (Å²) in [4.78, 5) is 32.8. The first kappa shape index (κ1) is 60.5. The highest BCUT2D eigenvalue weighted by Gasteiger charge is 2.53. The molecule has 1 N–H and O–H groups in total. The summed E-state index contributed by atoms with van der Waals surface area (Å²) in [6, 6.07) is 31.9. The predicted octanol–water partition coefficient (Wildman–Crippen LogP) is 11.3. The molecule has 0 spiro atoms. The maximum absolute atomic E-state index is 13.2. The van der Waals surface area contributed by atoms with Crippen molar-refractivity contribution in [2.24, 2.45) is 0 Å². The van der Waals surface area contributed by atoms with Gasteiger partial charge in [-0.1, -0.05) is 81.9 Å². The van der Waals surface area contributed by atoms with Gasteiger partial charge in [-0.15, -0.1) is 34.8 Å². The van der Waals surface area contributed by atoms with Crippen LogP contribution in [0.1, 0.15) is 69.5 Å². The van der Waals surface area contributed by atoms with Gasteiger partial charge >= 0.3 is 12.4 Å². The number of anilines is 2. The van der Waals surface area contributed by atoms with E-state index in [1.54, 1.807) is 13.8 Å². The molecule has 2 saturated heterocycles. The molecule has 0 radical (unpaired) electrons. The maximum Gasteiger partial charge on any atom is 0.416 e. The molecule has 2 atom stereocenters. The van der Waals surface area contributed by atoms with E-state index in [1.165, 1.54) is 34.1 Å². The summed E-state index contributed by atoms with van der Waals surface area (Å²) in [7, 11) is 0. The molecule has 2 heterocycles. The number of hydrogen-bond donors (Lipinski definition) is 1. The van der Waals surface area contributed by atoms with Gasteiger partial charge in [0.2, 0.25) is 11.8 Å². The first-order chi connectivity index (χ1) is 30.2. The molecular weight excluding hydrogens is 979 g/mol. The molecule has 2 amide bonds. The normalized spacial score (nSPS) is 15.2. The van der Waals surface area contributed by atoms with Crippen molar-refractivity contribution >= 4 is 85.0 Å². The summed E-state index contributed by atoms with van der Waals surface area (Å²) < 4.78 is 77.5. The monoisotopic (exact) mass is 1030 g/mol. The van der Waals surface area contributed by atoms with Crippen LogP contribution in [0.3, 0.4) is 0 Å². The minimum absolute atomic E-state index is 0. The number of para-hydroxylation sites is 2. The van der Waals surface area contributed by atoms with E-state index in [1.807, 2.05) is 84.3 Å². The molecule has 67 heavy (non-hydrogen) atoms. The number of carbonyl (C=O) groups is 2. The SMILES string of the molecule is C.CC(C)NCC(=O)N([C@@H](C)c1ccc(C(F)(F)F)cc1)C1(C#N)CN(c2ccccc2)C1.C[C@@H](c1ccc(C(F)(F)F)cc1)N(C(=O)CCl)C1(C#N)CN(c2ccccc2)C1.ClCCl.S.S. The van der Waals surface area contributed by atoms with Crippen molar-refractivity contribution in [2.75, 3.05) is 53.7 Å². The fourth-order valence-electron chi connectivity index (χ4n) is 7.66. The van der Waals surface area contributed by atoms with Gasteiger partial charge in [-0.25, -0.2) is 0 Å². The summed E-state index contributed by atoms with van der Waals surface area (Å²) in [6.07, 6.45) is -8.87. The number of amides is 2. The lowest BCUT2D eigenvalue weighted by atomic mass is 9.85. The van der Waals surface area contributed by atoms with E-state index >= 15 is 0 Å². The fourth-order valence-corrected chi connectivity index (χ4v) is 7.79. The minimum Gasteiger partial charge on any atom is -0.364 e. The summed E-state index contributed by atoms with van der Waals surface area (Å²) in [6.45, 7) is 8.55. The third-order valence-electron chi connectivity index (χ3n) is 10.9. The molecule has 0 aliphatic carbocycles. The van der Waals surface area contributed by atoms with Crippen LogP contribution in [-0.2, 0) is 21.9 Å². The molecule has 366 valence electrons. The third kappa shape index (κ3) is 15.0. The van der Waals surface area contributed by atoms with E-state index in [0.29, 0.717) is 37.3 Å². The molecule has 4 aromatic carbocycles. The van der Waals surface area contributed by atoms with Gasteiger partial charge in [-0.3, -0.25) is 9.59 Å². The van der Waals surface area contributed by atoms with Gasteiger partial charge in [-0.05, 0) is 73.5 Å². The number of carbonyl (C=O) groups excluding carboxylic acids is 2. The Morgan fingerprint density at radius 3 is 1.21 bits per heavy atom. The Bertz CT molecular complexity index is 2220. The second-order valence-electron chi connectivity index (χ2n) is 15.6. The zero-order valence-electron chi connectivity index (χ0n) is 36.5. The van der Waals surface area contributed by atoms with Crippen molar-refractivity contribution < 1.29 is 35.9 Å². The molecule has 20 heteroatoms. The van der Waals surface area contributed by atoms with Crippen molar-refractivity contribution in [3.63, 3.8) is 0 Å². The van der Waals surface area contributed by atoms with Gasteiger partial charge in [0.25, 0.3) is 0 Å². The number of rotatable bonds is 12. The van der Waals surface area contributed by atoms with E-state index in [4.69, 9.17) is 34.8 Å². The summed E-state index contributed by atoms with van der Waals surface area (Å²) in [5.41, 5.74) is -0.767. The zero-order valence-corrected chi connectivity index (χ0v) is 40.7. The highest BCUT2D eigenvalue weighted by atomic mass is 35.5. The van der Waals surface area contributed by atoms with Gasteiger partial charge in [0, 0.05) is 17.4 Å². The van der Waals surface area contributed by atoms with Crippen molar-refractivity contribution in [3.8, 4) is 12.1 Å². The number of nitriles is 2. The van der Waals surface area contributed by atoms with Crippen LogP contribution in [0.5, 0.6) is 0 Å². The Balaban J connectivity index is 0.000000609. The fraction of sp³-hybridized carbons (Fsp3) is 0.404. The average Bonchev–Trinajstić information content (AvgIpc) is 3.25. The third-order valence-corrected chi connectivity index (χ3v) is 11.1. The smallest absolute Gasteiger partial charge is 0.364 e. The molecule has 9 nitrogen and oxygen atoms in total. The second-order valence-corrected chi connectivity index (χ2v) is 16.6. The number of benzene rings is 4. The van der Waals surface area contributed by atoms with Crippen LogP contribution in [0.25, 0.3) is 0 Å². The summed E-state index contributed by atoms with van der Waals surface area (Å²) >= 11 is 15.3. The van der Waals surface area contributed by atoms with E-state index in [2.05, 4.69) is 17.5 Å². The average molecular weight is 1040 g/mol. The van der Waals surface area contributed by atoms with E-state index in [-0.39, 0.29) is 64.1 Å². The van der Waals surface area contributed by atoms with Crippen LogP contribution in [0.4, 0.5) is 37.7 Å². The Morgan fingerprint density at radius 1 is 0.627 bits per heavy atom. The Kier molecular flexibility index (Phi) is 23.8. The Labute approximate surface area is 418 Å². The first-order valence-electron chi connectivity index (χ1n) is 20.0. The molecule has 4 aromatic rings. The van der Waals surface area contributed by atoms with Crippen molar-refractivity contribution in [1.82, 2.24) is 15.1 Å². The second kappa shape index (κ2) is 26.3. The van der Waals surface area contributed by atoms with Crippen LogP contribution in [0.2, 0.25) is 0 Å². The maximum atomic E-state index is 13.2. The Hall–Kier alpha value is -4.49. The predicted molar refractivity (Wildman–Crippen MR) is 265 cm³/mol. The number of halogens is 9. The molecular formula is C47H56Cl3F6N7O2S2. The Morgan fingerprint density at radius 2 is 0.940 bits per heavy atom. The van der Waals surface area contributed by atoms with E-state index in [9.17, 15) is 46.5 Å². The van der Waals surface area contributed by atoms with E-state index < -0.39 is 52.5 Å². The zero-order chi connectivity index (χ0) is 47.5. The lowest BCUT2D eigenvalue weighted by molar-refractivity contribution is -0.139. The highest BCUT2D eigenvalue weighted by Crippen LogP contribution is 2.40. The lowest BCUT2D eigenvalue weighted by Gasteiger charge is -2.54. The van der Waals surface area contributed by atoms with Gasteiger partial charge in [-0.2, -0.15) is 63.9 Å². The van der Waals surface area contributed by atoms with Crippen LogP contribution in [0.15, 0.2) is 109 Å². The molecule has 2 fully saturated rings. The quantitative estimate of drug-likeness (QED) is 0.111. The molecule has 0 saturated carbocycles. The first-order valence-corrected chi connectivity index (χ1v) is 21.6. The van der Waals surface area contributed by atoms with Gasteiger partial charge in [0.05, 0.1) is 73.4 Å². The van der Waals surface area contributed by atoms with Crippen LogP contribution < -0.4 is 15.1 Å². The number of nitrogens with one attached hydrogen (secondary N) is 1. The topological polar surface area (TPSA) is 107 Å². The largest absolute Gasteiger partial charge is 0.416 e. The standard InChI is InChI=1S/C24H27F3N4O.C21H19ClF3N3O.CH2Cl2.CH4.2H2S/c1-17(2)29-13-22(32)31(18(3)19-9-11-20(12-10-19)24(25,26)27)23(14-28)15-30(16-23)21-7-5-4-6-8-21;1-15(16-7-9-17(10-8-16)21(23,24)25)28(19(29)11-22)20(12-26)13-27(14-20)18-5-3-2-4-6-18;2-1-3;;;/h4-12,17-18,29H,13,15-16H2,1-3H3;2-10,15H,11,13-14H2,1H3;1H2;1H4;2*1H2/t18-;15-;;;;/m00..../s1. The lowest BCUT2D eigenvalue weighted by Crippen LogP contribution is -2.72. The molecule has 0 aromatic heterocycles. The van der Waals surface area contributed by atoms with Crippen molar-refractivity contribution in [3.05, 3.63) is 131 Å². The molecule has 6 rings (SSSR count). The van der Waals surface area contributed by atoms with Crippen LogP contribution >= 0.6 is 61.8 Å². The minimum atomic E-state index is -4.44. The van der Waals surface area contributed by atoms with Gasteiger partial charge in [0.15, 0.2) is 11.1 Å². The molecule has 0 bridgehead atoms.